The maximum atomic E-state index is 9.43. The monoisotopic (exact) mass is 170 g/mol. The largest absolute Gasteiger partial charge is 0.443 e. The first-order valence-electron chi connectivity index (χ1n) is 4.05. The molecular formula is C8H14N2O2. The fraction of sp³-hybridized carbons (Fsp3) is 0.625. The van der Waals surface area contributed by atoms with Gasteiger partial charge >= 0.3 is 0 Å². The average molecular weight is 170 g/mol. The van der Waals surface area contributed by atoms with Crippen LogP contribution in [0, 0.1) is 0 Å². The molecular weight excluding hydrogens is 156 g/mol. The Bertz CT molecular complexity index is 235. The highest BCUT2D eigenvalue weighted by molar-refractivity contribution is 4.98. The number of rotatable bonds is 4. The van der Waals surface area contributed by atoms with Crippen LogP contribution in [0.15, 0.2) is 10.6 Å². The van der Waals surface area contributed by atoms with Crippen LogP contribution in [0.1, 0.15) is 24.7 Å². The van der Waals surface area contributed by atoms with Crippen molar-refractivity contribution >= 4 is 0 Å². The molecule has 0 bridgehead atoms. The van der Waals surface area contributed by atoms with Gasteiger partial charge in [-0.25, -0.2) is 4.98 Å². The third-order valence-corrected chi connectivity index (χ3v) is 1.60. The summed E-state index contributed by atoms with van der Waals surface area (Å²) in [5.41, 5.74) is 0. The number of hydrogen-bond donors (Lipinski definition) is 2. The second kappa shape index (κ2) is 4.23. The summed E-state index contributed by atoms with van der Waals surface area (Å²) >= 11 is 0. The fourth-order valence-electron chi connectivity index (χ4n) is 0.936. The molecule has 2 N–H and O–H groups in total. The molecule has 1 aromatic rings. The van der Waals surface area contributed by atoms with E-state index in [9.17, 15) is 5.11 Å². The van der Waals surface area contributed by atoms with Gasteiger partial charge in [-0.15, -0.1) is 0 Å². The van der Waals surface area contributed by atoms with Gasteiger partial charge in [0, 0.05) is 13.0 Å². The van der Waals surface area contributed by atoms with E-state index in [4.69, 9.17) is 4.42 Å². The molecule has 0 amide bonds. The van der Waals surface area contributed by atoms with E-state index in [1.165, 1.54) is 0 Å². The zero-order valence-electron chi connectivity index (χ0n) is 7.37. The number of aryl methyl sites for hydroxylation is 1. The lowest BCUT2D eigenvalue weighted by Crippen LogP contribution is -2.16. The number of oxazole rings is 1. The minimum absolute atomic E-state index is 0.484. The molecule has 0 aliphatic heterocycles. The SMILES string of the molecule is CCc1ncc(C(O)CNC)o1. The minimum Gasteiger partial charge on any atom is -0.443 e. The third kappa shape index (κ3) is 2.06. The smallest absolute Gasteiger partial charge is 0.194 e. The number of nitrogens with zero attached hydrogens (tertiary/aromatic N) is 1. The highest BCUT2D eigenvalue weighted by Gasteiger charge is 2.11. The number of hydrogen-bond acceptors (Lipinski definition) is 4. The summed E-state index contributed by atoms with van der Waals surface area (Å²) in [7, 11) is 1.78. The quantitative estimate of drug-likeness (QED) is 0.690. The van der Waals surface area contributed by atoms with E-state index in [1.54, 1.807) is 13.2 Å². The van der Waals surface area contributed by atoms with Crippen LogP contribution in [0.4, 0.5) is 0 Å². The molecule has 4 heteroatoms. The normalized spacial score (nSPS) is 13.2. The fourth-order valence-corrected chi connectivity index (χ4v) is 0.936. The van der Waals surface area contributed by atoms with Crippen molar-refractivity contribution in [1.29, 1.82) is 0 Å². The number of nitrogens with one attached hydrogen (secondary N) is 1. The van der Waals surface area contributed by atoms with Gasteiger partial charge in [-0.2, -0.15) is 0 Å². The van der Waals surface area contributed by atoms with Crippen LogP contribution in [0.3, 0.4) is 0 Å². The van der Waals surface area contributed by atoms with Crippen LogP contribution in [0.5, 0.6) is 0 Å². The molecule has 1 rings (SSSR count). The highest BCUT2D eigenvalue weighted by Crippen LogP contribution is 2.13. The number of aromatic nitrogens is 1. The highest BCUT2D eigenvalue weighted by atomic mass is 16.4. The Morgan fingerprint density at radius 3 is 3.00 bits per heavy atom. The average Bonchev–Trinajstić information content (AvgIpc) is 2.52. The van der Waals surface area contributed by atoms with Crippen molar-refractivity contribution in [3.05, 3.63) is 17.8 Å². The summed E-state index contributed by atoms with van der Waals surface area (Å²) in [6, 6.07) is 0. The van der Waals surface area contributed by atoms with Crippen molar-refractivity contribution in [2.75, 3.05) is 13.6 Å². The molecule has 1 aromatic heterocycles. The molecule has 1 unspecified atom stereocenters. The van der Waals surface area contributed by atoms with Gasteiger partial charge in [0.2, 0.25) is 0 Å². The van der Waals surface area contributed by atoms with E-state index < -0.39 is 6.10 Å². The second-order valence-corrected chi connectivity index (χ2v) is 2.58. The Morgan fingerprint density at radius 1 is 1.75 bits per heavy atom. The predicted octanol–water partition coefficient (Wildman–Crippen LogP) is 0.490. The number of aliphatic hydroxyl groups is 1. The van der Waals surface area contributed by atoms with Crippen LogP contribution in [-0.2, 0) is 6.42 Å². The molecule has 12 heavy (non-hydrogen) atoms. The minimum atomic E-state index is -0.595. The van der Waals surface area contributed by atoms with Gasteiger partial charge in [-0.05, 0) is 7.05 Å². The third-order valence-electron chi connectivity index (χ3n) is 1.60. The molecule has 0 aromatic carbocycles. The zero-order valence-corrected chi connectivity index (χ0v) is 7.37. The summed E-state index contributed by atoms with van der Waals surface area (Å²) in [6.07, 6.45) is 1.73. The molecule has 0 fully saturated rings. The summed E-state index contributed by atoms with van der Waals surface area (Å²) < 4.78 is 5.25. The molecule has 0 radical (unpaired) electrons. The Hall–Kier alpha value is -0.870. The molecule has 1 heterocycles. The Morgan fingerprint density at radius 2 is 2.50 bits per heavy atom. The molecule has 0 spiro atoms. The van der Waals surface area contributed by atoms with Crippen molar-refractivity contribution in [3.8, 4) is 0 Å². The van der Waals surface area contributed by atoms with Gasteiger partial charge < -0.3 is 14.8 Å². The Labute approximate surface area is 71.6 Å². The van der Waals surface area contributed by atoms with E-state index in [1.807, 2.05) is 6.92 Å². The summed E-state index contributed by atoms with van der Waals surface area (Å²) in [4.78, 5) is 3.98. The van der Waals surface area contributed by atoms with E-state index in [0.29, 0.717) is 18.2 Å². The summed E-state index contributed by atoms with van der Waals surface area (Å²) in [6.45, 7) is 2.44. The van der Waals surface area contributed by atoms with Crippen molar-refractivity contribution in [1.82, 2.24) is 10.3 Å². The lowest BCUT2D eigenvalue weighted by Gasteiger charge is -2.04. The second-order valence-electron chi connectivity index (χ2n) is 2.58. The van der Waals surface area contributed by atoms with Crippen LogP contribution in [0.2, 0.25) is 0 Å². The molecule has 0 aliphatic carbocycles. The van der Waals surface area contributed by atoms with E-state index in [0.717, 1.165) is 6.42 Å². The summed E-state index contributed by atoms with van der Waals surface area (Å²) in [5, 5.41) is 12.3. The molecule has 0 saturated carbocycles. The topological polar surface area (TPSA) is 58.3 Å². The predicted molar refractivity (Wildman–Crippen MR) is 44.8 cm³/mol. The Balaban J connectivity index is 2.61. The first-order valence-corrected chi connectivity index (χ1v) is 4.05. The molecule has 4 nitrogen and oxygen atoms in total. The molecule has 68 valence electrons. The van der Waals surface area contributed by atoms with Crippen molar-refractivity contribution in [3.63, 3.8) is 0 Å². The van der Waals surface area contributed by atoms with Crippen molar-refractivity contribution in [2.45, 2.75) is 19.4 Å². The van der Waals surface area contributed by atoms with Crippen LogP contribution in [0.25, 0.3) is 0 Å². The molecule has 0 aliphatic rings. The van der Waals surface area contributed by atoms with E-state index in [-0.39, 0.29) is 0 Å². The van der Waals surface area contributed by atoms with E-state index in [2.05, 4.69) is 10.3 Å². The van der Waals surface area contributed by atoms with Gasteiger partial charge in [0.05, 0.1) is 6.20 Å². The van der Waals surface area contributed by atoms with Crippen LogP contribution in [-0.4, -0.2) is 23.7 Å². The standard InChI is InChI=1S/C8H14N2O2/c1-3-8-10-5-7(12-8)6(11)4-9-2/h5-6,9,11H,3-4H2,1-2H3. The lowest BCUT2D eigenvalue weighted by molar-refractivity contribution is 0.148. The van der Waals surface area contributed by atoms with Crippen molar-refractivity contribution in [2.24, 2.45) is 0 Å². The zero-order chi connectivity index (χ0) is 8.97. The Kier molecular flexibility index (Phi) is 3.25. The lowest BCUT2D eigenvalue weighted by atomic mass is 10.3. The van der Waals surface area contributed by atoms with Gasteiger partial charge in [-0.3, -0.25) is 0 Å². The maximum Gasteiger partial charge on any atom is 0.194 e. The van der Waals surface area contributed by atoms with Gasteiger partial charge in [-0.1, -0.05) is 6.92 Å². The first kappa shape index (κ1) is 9.22. The van der Waals surface area contributed by atoms with Gasteiger partial charge in [0.15, 0.2) is 11.7 Å². The molecule has 1 atom stereocenters. The van der Waals surface area contributed by atoms with Crippen molar-refractivity contribution < 1.29 is 9.52 Å². The van der Waals surface area contributed by atoms with E-state index >= 15 is 0 Å². The van der Waals surface area contributed by atoms with Crippen LogP contribution >= 0.6 is 0 Å². The maximum absolute atomic E-state index is 9.43. The number of aliphatic hydroxyl groups excluding tert-OH is 1. The van der Waals surface area contributed by atoms with Gasteiger partial charge in [0.1, 0.15) is 6.10 Å². The van der Waals surface area contributed by atoms with Crippen LogP contribution < -0.4 is 5.32 Å². The molecule has 0 saturated heterocycles. The first-order chi connectivity index (χ1) is 5.77. The summed E-state index contributed by atoms with van der Waals surface area (Å²) in [5.74, 6) is 1.20. The van der Waals surface area contributed by atoms with Gasteiger partial charge in [0.25, 0.3) is 0 Å². The number of likely N-dealkylation sites (N-methyl/N-ethyl adjacent to an activating group) is 1.